The Balaban J connectivity index is 2.64. The van der Waals surface area contributed by atoms with Gasteiger partial charge in [0.1, 0.15) is 17.4 Å². The van der Waals surface area contributed by atoms with Crippen molar-refractivity contribution >= 4 is 12.0 Å². The Hall–Kier alpha value is -2.75. The summed E-state index contributed by atoms with van der Waals surface area (Å²) < 4.78 is 4.93. The molecule has 1 aromatic carbocycles. The molecule has 106 valence electrons. The molecule has 1 rings (SSSR count). The summed E-state index contributed by atoms with van der Waals surface area (Å²) in [5.74, 6) is -0.850. The third-order valence-corrected chi connectivity index (χ3v) is 2.06. The highest BCUT2D eigenvalue weighted by Gasteiger charge is 2.17. The first-order chi connectivity index (χ1) is 9.23. The van der Waals surface area contributed by atoms with Crippen LogP contribution in [0.2, 0.25) is 0 Å². The number of rotatable bonds is 1. The average Bonchev–Trinajstić information content (AvgIpc) is 2.34. The molecule has 0 unspecified atom stereocenters. The number of amides is 2. The lowest BCUT2D eigenvalue weighted by atomic mass is 10.1. The predicted molar refractivity (Wildman–Crippen MR) is 69.7 cm³/mol. The highest BCUT2D eigenvalue weighted by molar-refractivity contribution is 5.95. The van der Waals surface area contributed by atoms with Crippen molar-refractivity contribution in [2.45, 2.75) is 26.4 Å². The van der Waals surface area contributed by atoms with Gasteiger partial charge in [-0.1, -0.05) is 0 Å². The summed E-state index contributed by atoms with van der Waals surface area (Å²) in [7, 11) is 0. The van der Waals surface area contributed by atoms with Gasteiger partial charge in [0.15, 0.2) is 0 Å². The lowest BCUT2D eigenvalue weighted by Gasteiger charge is -2.19. The Morgan fingerprint density at radius 2 is 1.95 bits per heavy atom. The third kappa shape index (κ3) is 4.49. The fraction of sp³-hybridized carbons (Fsp3) is 0.308. The molecule has 20 heavy (non-hydrogen) atoms. The van der Waals surface area contributed by atoms with Crippen LogP contribution >= 0.6 is 0 Å². The van der Waals surface area contributed by atoms with Crippen LogP contribution in [0.3, 0.4) is 0 Å². The Morgan fingerprint density at radius 1 is 1.30 bits per heavy atom. The predicted octanol–water partition coefficient (Wildman–Crippen LogP) is 1.43. The molecule has 0 aliphatic carbocycles. The van der Waals surface area contributed by atoms with Crippen molar-refractivity contribution in [1.82, 2.24) is 10.9 Å². The van der Waals surface area contributed by atoms with E-state index in [1.54, 1.807) is 26.8 Å². The molecule has 0 saturated heterocycles. The number of nitriles is 1. The Morgan fingerprint density at radius 3 is 2.50 bits per heavy atom. The largest absolute Gasteiger partial charge is 0.507 e. The standard InChI is InChI=1S/C13H15N3O4/c1-13(2,3)20-12(19)16-15-11(18)8-4-5-10(17)9(6-8)7-14/h4-6,17H,1-3H3,(H,15,18)(H,16,19). The summed E-state index contributed by atoms with van der Waals surface area (Å²) in [6.45, 7) is 5.06. The quantitative estimate of drug-likeness (QED) is 0.672. The molecule has 0 fully saturated rings. The molecule has 0 aromatic heterocycles. The number of hydrogen-bond acceptors (Lipinski definition) is 5. The van der Waals surface area contributed by atoms with Crippen LogP contribution in [0.25, 0.3) is 0 Å². The van der Waals surface area contributed by atoms with Gasteiger partial charge >= 0.3 is 6.09 Å². The van der Waals surface area contributed by atoms with Crippen LogP contribution in [0.1, 0.15) is 36.7 Å². The van der Waals surface area contributed by atoms with Crippen LogP contribution in [0.5, 0.6) is 5.75 Å². The fourth-order valence-corrected chi connectivity index (χ4v) is 1.25. The van der Waals surface area contributed by atoms with Crippen molar-refractivity contribution < 1.29 is 19.4 Å². The van der Waals surface area contributed by atoms with Gasteiger partial charge in [0.05, 0.1) is 5.56 Å². The minimum atomic E-state index is -0.801. The monoisotopic (exact) mass is 277 g/mol. The summed E-state index contributed by atoms with van der Waals surface area (Å²) in [6.07, 6.45) is -0.801. The summed E-state index contributed by atoms with van der Waals surface area (Å²) >= 11 is 0. The maximum Gasteiger partial charge on any atom is 0.426 e. The fourth-order valence-electron chi connectivity index (χ4n) is 1.25. The van der Waals surface area contributed by atoms with Gasteiger partial charge in [-0.05, 0) is 39.0 Å². The first-order valence-electron chi connectivity index (χ1n) is 5.75. The van der Waals surface area contributed by atoms with Crippen molar-refractivity contribution in [3.05, 3.63) is 29.3 Å². The Bertz CT molecular complexity index is 570. The van der Waals surface area contributed by atoms with E-state index in [9.17, 15) is 14.7 Å². The maximum absolute atomic E-state index is 11.7. The number of phenolic OH excluding ortho intramolecular Hbond substituents is 1. The number of nitrogens with zero attached hydrogens (tertiary/aromatic N) is 1. The lowest BCUT2D eigenvalue weighted by molar-refractivity contribution is 0.0483. The van der Waals surface area contributed by atoms with Crippen molar-refractivity contribution in [3.63, 3.8) is 0 Å². The van der Waals surface area contributed by atoms with Crippen molar-refractivity contribution in [3.8, 4) is 11.8 Å². The van der Waals surface area contributed by atoms with Crippen LogP contribution in [0, 0.1) is 11.3 Å². The van der Waals surface area contributed by atoms with Crippen LogP contribution in [-0.2, 0) is 4.74 Å². The summed E-state index contributed by atoms with van der Waals surface area (Å²) in [5, 5.41) is 18.1. The number of ether oxygens (including phenoxy) is 1. The molecular formula is C13H15N3O4. The SMILES string of the molecule is CC(C)(C)OC(=O)NNC(=O)c1ccc(O)c(C#N)c1. The van der Waals surface area contributed by atoms with Gasteiger partial charge < -0.3 is 9.84 Å². The van der Waals surface area contributed by atoms with Crippen molar-refractivity contribution in [2.75, 3.05) is 0 Å². The number of carbonyl (C=O) groups is 2. The molecule has 0 aliphatic rings. The molecule has 3 N–H and O–H groups in total. The number of nitrogens with one attached hydrogen (secondary N) is 2. The van der Waals surface area contributed by atoms with Crippen LogP contribution in [0.4, 0.5) is 4.79 Å². The summed E-state index contributed by atoms with van der Waals surface area (Å²) in [4.78, 5) is 23.1. The van der Waals surface area contributed by atoms with Gasteiger partial charge in [-0.2, -0.15) is 5.26 Å². The highest BCUT2D eigenvalue weighted by Crippen LogP contribution is 2.17. The molecule has 7 heteroatoms. The Kier molecular flexibility index (Phi) is 4.54. The summed E-state index contributed by atoms with van der Waals surface area (Å²) in [6, 6.07) is 5.50. The van der Waals surface area contributed by atoms with Gasteiger partial charge in [-0.15, -0.1) is 0 Å². The molecule has 1 aromatic rings. The van der Waals surface area contributed by atoms with Crippen molar-refractivity contribution in [2.24, 2.45) is 0 Å². The van der Waals surface area contributed by atoms with Gasteiger partial charge in [0, 0.05) is 5.56 Å². The minimum Gasteiger partial charge on any atom is -0.507 e. The van der Waals surface area contributed by atoms with E-state index in [0.29, 0.717) is 0 Å². The number of benzene rings is 1. The molecule has 0 radical (unpaired) electrons. The van der Waals surface area contributed by atoms with Crippen LogP contribution in [-0.4, -0.2) is 22.7 Å². The minimum absolute atomic E-state index is 0.0325. The van der Waals surface area contributed by atoms with E-state index in [4.69, 9.17) is 10.00 Å². The number of phenols is 1. The van der Waals surface area contributed by atoms with Crippen LogP contribution in [0.15, 0.2) is 18.2 Å². The van der Waals surface area contributed by atoms with E-state index in [2.05, 4.69) is 10.9 Å². The smallest absolute Gasteiger partial charge is 0.426 e. The van der Waals surface area contributed by atoms with Gasteiger partial charge in [0.25, 0.3) is 5.91 Å². The van der Waals surface area contributed by atoms with E-state index in [1.165, 1.54) is 18.2 Å². The molecule has 7 nitrogen and oxygen atoms in total. The first-order valence-corrected chi connectivity index (χ1v) is 5.75. The maximum atomic E-state index is 11.7. The number of carbonyl (C=O) groups excluding carboxylic acids is 2. The van der Waals surface area contributed by atoms with E-state index in [1.807, 2.05) is 0 Å². The number of hydrazine groups is 1. The molecule has 0 bridgehead atoms. The average molecular weight is 277 g/mol. The van der Waals surface area contributed by atoms with E-state index >= 15 is 0 Å². The molecule has 0 spiro atoms. The zero-order valence-electron chi connectivity index (χ0n) is 11.4. The molecular weight excluding hydrogens is 262 g/mol. The van der Waals surface area contributed by atoms with E-state index in [-0.39, 0.29) is 16.9 Å². The zero-order chi connectivity index (χ0) is 15.3. The lowest BCUT2D eigenvalue weighted by Crippen LogP contribution is -2.44. The Labute approximate surface area is 116 Å². The highest BCUT2D eigenvalue weighted by atomic mass is 16.6. The molecule has 0 aliphatic heterocycles. The molecule has 0 saturated carbocycles. The number of aromatic hydroxyl groups is 1. The van der Waals surface area contributed by atoms with Crippen LogP contribution < -0.4 is 10.9 Å². The third-order valence-electron chi connectivity index (χ3n) is 2.06. The van der Waals surface area contributed by atoms with E-state index < -0.39 is 17.6 Å². The second-order valence-electron chi connectivity index (χ2n) is 4.92. The first kappa shape index (κ1) is 15.3. The second kappa shape index (κ2) is 5.93. The van der Waals surface area contributed by atoms with Crippen molar-refractivity contribution in [1.29, 1.82) is 5.26 Å². The summed E-state index contributed by atoms with van der Waals surface area (Å²) in [5.41, 5.74) is 3.63. The van der Waals surface area contributed by atoms with E-state index in [0.717, 1.165) is 0 Å². The van der Waals surface area contributed by atoms with Gasteiger partial charge in [-0.25, -0.2) is 10.2 Å². The molecule has 0 heterocycles. The van der Waals surface area contributed by atoms with Gasteiger partial charge in [-0.3, -0.25) is 10.2 Å². The topological polar surface area (TPSA) is 111 Å². The van der Waals surface area contributed by atoms with Gasteiger partial charge in [0.2, 0.25) is 0 Å². The molecule has 2 amide bonds. The number of hydrogen-bond donors (Lipinski definition) is 3. The second-order valence-corrected chi connectivity index (χ2v) is 4.92. The normalized spacial score (nSPS) is 10.3. The molecule has 0 atom stereocenters. The zero-order valence-corrected chi connectivity index (χ0v) is 11.4.